The molecule has 0 N–H and O–H groups in total. The van der Waals surface area contributed by atoms with Gasteiger partial charge in [-0.05, 0) is 30.5 Å². The standard InChI is InChI=1S/C20H23N3O3S/c1-3-5-6-14-7-8-15-16(12-14)27-20(22(15)11-4-2)21-17(24)13-23-18(25)9-10-19(23)26/h4,7-8,12H,2-3,5-6,9-11,13H2,1H3. The molecule has 0 saturated carbocycles. The lowest BCUT2D eigenvalue weighted by Gasteiger charge is -2.10. The van der Waals surface area contributed by atoms with Crippen molar-refractivity contribution in [2.45, 2.75) is 45.6 Å². The number of unbranched alkanes of at least 4 members (excludes halogenated alkanes) is 1. The molecule has 3 rings (SSSR count). The SMILES string of the molecule is C=CCn1c(=NC(=O)CN2C(=O)CCC2=O)sc2cc(CCCC)ccc21. The van der Waals surface area contributed by atoms with E-state index in [0.29, 0.717) is 11.3 Å². The van der Waals surface area contributed by atoms with Gasteiger partial charge >= 0.3 is 0 Å². The number of benzene rings is 1. The smallest absolute Gasteiger partial charge is 0.268 e. The maximum atomic E-state index is 12.4. The van der Waals surface area contributed by atoms with Crippen molar-refractivity contribution in [3.05, 3.63) is 41.2 Å². The van der Waals surface area contributed by atoms with Crippen LogP contribution in [-0.4, -0.2) is 33.7 Å². The zero-order valence-electron chi connectivity index (χ0n) is 15.4. The van der Waals surface area contributed by atoms with Crippen LogP contribution in [0.1, 0.15) is 38.2 Å². The third-order valence-corrected chi connectivity index (χ3v) is 5.59. The van der Waals surface area contributed by atoms with Crippen molar-refractivity contribution in [1.82, 2.24) is 9.47 Å². The fourth-order valence-electron chi connectivity index (χ4n) is 3.12. The summed E-state index contributed by atoms with van der Waals surface area (Å²) < 4.78 is 2.99. The van der Waals surface area contributed by atoms with Crippen LogP contribution in [0.3, 0.4) is 0 Å². The summed E-state index contributed by atoms with van der Waals surface area (Å²) in [6.45, 7) is 6.19. The first-order valence-corrected chi connectivity index (χ1v) is 9.99. The average molecular weight is 385 g/mol. The number of aryl methyl sites for hydroxylation is 1. The van der Waals surface area contributed by atoms with E-state index in [9.17, 15) is 14.4 Å². The average Bonchev–Trinajstić information content (AvgIpc) is 3.14. The lowest BCUT2D eigenvalue weighted by atomic mass is 10.1. The Morgan fingerprint density at radius 2 is 2.04 bits per heavy atom. The number of hydrogen-bond donors (Lipinski definition) is 0. The van der Waals surface area contributed by atoms with Crippen LogP contribution in [-0.2, 0) is 27.3 Å². The van der Waals surface area contributed by atoms with Gasteiger partial charge in [0.2, 0.25) is 11.8 Å². The number of nitrogens with zero attached hydrogens (tertiary/aromatic N) is 3. The maximum Gasteiger partial charge on any atom is 0.268 e. The molecule has 142 valence electrons. The summed E-state index contributed by atoms with van der Waals surface area (Å²) in [7, 11) is 0. The van der Waals surface area contributed by atoms with Crippen molar-refractivity contribution in [2.75, 3.05) is 6.54 Å². The first-order valence-electron chi connectivity index (χ1n) is 9.17. The molecule has 0 aliphatic carbocycles. The van der Waals surface area contributed by atoms with Crippen LogP contribution in [0.15, 0.2) is 35.8 Å². The van der Waals surface area contributed by atoms with Crippen LogP contribution >= 0.6 is 11.3 Å². The summed E-state index contributed by atoms with van der Waals surface area (Å²) in [6, 6.07) is 6.31. The molecule has 7 heteroatoms. The second kappa shape index (κ2) is 8.43. The number of fused-ring (bicyclic) bond motifs is 1. The number of imide groups is 1. The highest BCUT2D eigenvalue weighted by molar-refractivity contribution is 7.16. The van der Waals surface area contributed by atoms with Gasteiger partial charge in [0.15, 0.2) is 4.80 Å². The van der Waals surface area contributed by atoms with Crippen molar-refractivity contribution in [3.63, 3.8) is 0 Å². The van der Waals surface area contributed by atoms with Gasteiger partial charge in [0, 0.05) is 19.4 Å². The lowest BCUT2D eigenvalue weighted by molar-refractivity contribution is -0.141. The Labute approximate surface area is 161 Å². The van der Waals surface area contributed by atoms with E-state index in [4.69, 9.17) is 0 Å². The Morgan fingerprint density at radius 1 is 1.30 bits per heavy atom. The number of hydrogen-bond acceptors (Lipinski definition) is 4. The molecule has 0 spiro atoms. The number of allylic oxidation sites excluding steroid dienone is 1. The Bertz CT molecular complexity index is 954. The minimum Gasteiger partial charge on any atom is -0.313 e. The Hall–Kier alpha value is -2.54. The molecule has 1 saturated heterocycles. The summed E-state index contributed by atoms with van der Waals surface area (Å²) >= 11 is 1.44. The number of amides is 3. The third kappa shape index (κ3) is 4.24. The van der Waals surface area contributed by atoms with Crippen LogP contribution in [0.2, 0.25) is 0 Å². The molecule has 2 heterocycles. The predicted molar refractivity (Wildman–Crippen MR) is 105 cm³/mol. The minimum atomic E-state index is -0.492. The fourth-order valence-corrected chi connectivity index (χ4v) is 4.24. The number of thiazole rings is 1. The van der Waals surface area contributed by atoms with E-state index >= 15 is 0 Å². The van der Waals surface area contributed by atoms with E-state index < -0.39 is 5.91 Å². The summed E-state index contributed by atoms with van der Waals surface area (Å²) in [4.78, 5) is 41.5. The third-order valence-electron chi connectivity index (χ3n) is 4.55. The molecule has 1 fully saturated rings. The Balaban J connectivity index is 1.93. The first kappa shape index (κ1) is 19.2. The van der Waals surface area contributed by atoms with E-state index in [2.05, 4.69) is 36.7 Å². The van der Waals surface area contributed by atoms with E-state index in [1.54, 1.807) is 6.08 Å². The van der Waals surface area contributed by atoms with Crippen LogP contribution in [0.25, 0.3) is 10.2 Å². The number of carbonyl (C=O) groups is 3. The quantitative estimate of drug-likeness (QED) is 0.543. The maximum absolute atomic E-state index is 12.4. The monoisotopic (exact) mass is 385 g/mol. The lowest BCUT2D eigenvalue weighted by Crippen LogP contribution is -2.34. The normalized spacial score (nSPS) is 15.1. The number of aromatic nitrogens is 1. The van der Waals surface area contributed by atoms with Crippen molar-refractivity contribution in [2.24, 2.45) is 4.99 Å². The van der Waals surface area contributed by atoms with Gasteiger partial charge < -0.3 is 4.57 Å². The molecular weight excluding hydrogens is 362 g/mol. The molecule has 2 aromatic rings. The highest BCUT2D eigenvalue weighted by Crippen LogP contribution is 2.20. The van der Waals surface area contributed by atoms with Gasteiger partial charge in [-0.2, -0.15) is 4.99 Å². The van der Waals surface area contributed by atoms with Crippen molar-refractivity contribution < 1.29 is 14.4 Å². The van der Waals surface area contributed by atoms with E-state index in [1.807, 2.05) is 4.57 Å². The van der Waals surface area contributed by atoms with Gasteiger partial charge in [0.25, 0.3) is 5.91 Å². The van der Waals surface area contributed by atoms with E-state index in [1.165, 1.54) is 16.9 Å². The van der Waals surface area contributed by atoms with Crippen molar-refractivity contribution in [3.8, 4) is 0 Å². The largest absolute Gasteiger partial charge is 0.313 e. The topological polar surface area (TPSA) is 71.7 Å². The molecule has 0 atom stereocenters. The molecular formula is C20H23N3O3S. The molecule has 0 radical (unpaired) electrons. The molecule has 0 bridgehead atoms. The van der Waals surface area contributed by atoms with Gasteiger partial charge in [-0.25, -0.2) is 0 Å². The van der Waals surface area contributed by atoms with Gasteiger partial charge in [0.1, 0.15) is 6.54 Å². The predicted octanol–water partition coefficient (Wildman–Crippen LogP) is 2.81. The summed E-state index contributed by atoms with van der Waals surface area (Å²) in [5.41, 5.74) is 2.27. The second-order valence-electron chi connectivity index (χ2n) is 6.57. The molecule has 3 amide bonds. The molecule has 1 aromatic heterocycles. The van der Waals surface area contributed by atoms with Gasteiger partial charge in [-0.15, -0.1) is 6.58 Å². The summed E-state index contributed by atoms with van der Waals surface area (Å²) in [5, 5.41) is 0. The molecule has 1 aliphatic rings. The second-order valence-corrected chi connectivity index (χ2v) is 7.58. The van der Waals surface area contributed by atoms with Crippen molar-refractivity contribution >= 4 is 39.3 Å². The van der Waals surface area contributed by atoms with Crippen LogP contribution in [0.4, 0.5) is 0 Å². The summed E-state index contributed by atoms with van der Waals surface area (Å²) in [5.74, 6) is -1.10. The van der Waals surface area contributed by atoms with Gasteiger partial charge in [-0.1, -0.05) is 36.8 Å². The number of rotatable bonds is 7. The zero-order valence-corrected chi connectivity index (χ0v) is 16.3. The highest BCUT2D eigenvalue weighted by Gasteiger charge is 2.30. The fraction of sp³-hybridized carbons (Fsp3) is 0.400. The van der Waals surface area contributed by atoms with Gasteiger partial charge in [0.05, 0.1) is 10.2 Å². The minimum absolute atomic E-state index is 0.173. The van der Waals surface area contributed by atoms with Gasteiger partial charge in [-0.3, -0.25) is 19.3 Å². The Kier molecular flexibility index (Phi) is 6.01. The van der Waals surface area contributed by atoms with Crippen LogP contribution < -0.4 is 4.80 Å². The van der Waals surface area contributed by atoms with E-state index in [-0.39, 0.29) is 31.2 Å². The summed E-state index contributed by atoms with van der Waals surface area (Å²) in [6.07, 6.45) is 5.40. The highest BCUT2D eigenvalue weighted by atomic mass is 32.1. The first-order chi connectivity index (χ1) is 13.0. The number of carbonyl (C=O) groups excluding carboxylic acids is 3. The Morgan fingerprint density at radius 3 is 2.70 bits per heavy atom. The van der Waals surface area contributed by atoms with Crippen LogP contribution in [0, 0.1) is 0 Å². The molecule has 27 heavy (non-hydrogen) atoms. The van der Waals surface area contributed by atoms with Crippen LogP contribution in [0.5, 0.6) is 0 Å². The molecule has 0 unspecified atom stereocenters. The molecule has 1 aliphatic heterocycles. The molecule has 1 aromatic carbocycles. The zero-order chi connectivity index (χ0) is 19.4. The van der Waals surface area contributed by atoms with Crippen molar-refractivity contribution in [1.29, 1.82) is 0 Å². The molecule has 6 nitrogen and oxygen atoms in total. The van der Waals surface area contributed by atoms with E-state index in [0.717, 1.165) is 34.4 Å². The number of likely N-dealkylation sites (tertiary alicyclic amines) is 1.